The minimum atomic E-state index is -0.0103. The summed E-state index contributed by atoms with van der Waals surface area (Å²) >= 11 is 5.79. The molecule has 1 aliphatic carbocycles. The quantitative estimate of drug-likeness (QED) is 0.867. The van der Waals surface area contributed by atoms with E-state index in [9.17, 15) is 4.79 Å². The van der Waals surface area contributed by atoms with Crippen molar-refractivity contribution in [2.24, 2.45) is 5.41 Å². The van der Waals surface area contributed by atoms with Crippen LogP contribution in [0.1, 0.15) is 32.6 Å². The summed E-state index contributed by atoms with van der Waals surface area (Å²) in [5.74, 6) is -0.0103. The monoisotopic (exact) mass is 280 g/mol. The Morgan fingerprint density at radius 2 is 1.89 bits per heavy atom. The molecule has 0 aromatic heterocycles. The molecule has 1 aromatic rings. The van der Waals surface area contributed by atoms with Crippen molar-refractivity contribution in [2.45, 2.75) is 32.6 Å². The topological polar surface area (TPSA) is 41.1 Å². The second-order valence-corrected chi connectivity index (χ2v) is 6.11. The van der Waals surface area contributed by atoms with Gasteiger partial charge in [0.2, 0.25) is 5.91 Å². The standard InChI is InChI=1S/C15H21ClN2O/c1-15(8-2-3-9-15)11-17-10-14(19)18-13-6-4-12(16)5-7-13/h4-7,17H,2-3,8-11H2,1H3,(H,18,19). The van der Waals surface area contributed by atoms with E-state index in [2.05, 4.69) is 17.6 Å². The summed E-state index contributed by atoms with van der Waals surface area (Å²) in [4.78, 5) is 11.8. The van der Waals surface area contributed by atoms with Crippen LogP contribution in [-0.4, -0.2) is 19.0 Å². The summed E-state index contributed by atoms with van der Waals surface area (Å²) in [5.41, 5.74) is 1.16. The van der Waals surface area contributed by atoms with Gasteiger partial charge in [-0.1, -0.05) is 31.4 Å². The highest BCUT2D eigenvalue weighted by Gasteiger charge is 2.27. The fourth-order valence-corrected chi connectivity index (χ4v) is 2.75. The Bertz CT molecular complexity index is 424. The zero-order valence-corrected chi connectivity index (χ0v) is 12.1. The Morgan fingerprint density at radius 3 is 2.53 bits per heavy atom. The van der Waals surface area contributed by atoms with E-state index < -0.39 is 0 Å². The molecule has 2 N–H and O–H groups in total. The number of benzene rings is 1. The zero-order valence-electron chi connectivity index (χ0n) is 11.3. The van der Waals surface area contributed by atoms with E-state index in [1.165, 1.54) is 25.7 Å². The van der Waals surface area contributed by atoms with Crippen molar-refractivity contribution >= 4 is 23.2 Å². The fourth-order valence-electron chi connectivity index (χ4n) is 2.62. The van der Waals surface area contributed by atoms with Crippen LogP contribution in [0.4, 0.5) is 5.69 Å². The van der Waals surface area contributed by atoms with E-state index in [0.717, 1.165) is 12.2 Å². The van der Waals surface area contributed by atoms with Crippen LogP contribution in [0, 0.1) is 5.41 Å². The van der Waals surface area contributed by atoms with E-state index in [1.807, 2.05) is 0 Å². The number of carbonyl (C=O) groups is 1. The lowest BCUT2D eigenvalue weighted by Crippen LogP contribution is -2.35. The highest BCUT2D eigenvalue weighted by atomic mass is 35.5. The van der Waals surface area contributed by atoms with Gasteiger partial charge >= 0.3 is 0 Å². The molecule has 4 heteroatoms. The summed E-state index contributed by atoms with van der Waals surface area (Å²) < 4.78 is 0. The van der Waals surface area contributed by atoms with E-state index >= 15 is 0 Å². The van der Waals surface area contributed by atoms with Gasteiger partial charge in [-0.15, -0.1) is 0 Å². The molecule has 1 fully saturated rings. The predicted octanol–water partition coefficient (Wildman–Crippen LogP) is 3.45. The number of amides is 1. The summed E-state index contributed by atoms with van der Waals surface area (Å²) in [6, 6.07) is 7.14. The molecule has 0 heterocycles. The van der Waals surface area contributed by atoms with E-state index in [1.54, 1.807) is 24.3 Å². The van der Waals surface area contributed by atoms with Gasteiger partial charge in [0.25, 0.3) is 0 Å². The zero-order chi connectivity index (χ0) is 13.7. The normalized spacial score (nSPS) is 17.4. The first-order valence-corrected chi connectivity index (χ1v) is 7.21. The number of anilines is 1. The van der Waals surface area contributed by atoms with Crippen LogP contribution in [0.15, 0.2) is 24.3 Å². The second kappa shape index (κ2) is 6.40. The minimum absolute atomic E-state index is 0.0103. The number of carbonyl (C=O) groups excluding carboxylic acids is 1. The van der Waals surface area contributed by atoms with Crippen molar-refractivity contribution < 1.29 is 4.79 Å². The fraction of sp³-hybridized carbons (Fsp3) is 0.533. The molecule has 0 bridgehead atoms. The number of hydrogen-bond acceptors (Lipinski definition) is 2. The molecule has 104 valence electrons. The van der Waals surface area contributed by atoms with Crippen LogP contribution in [0.3, 0.4) is 0 Å². The molecule has 1 aliphatic rings. The maximum absolute atomic E-state index is 11.8. The molecule has 2 rings (SSSR count). The maximum atomic E-state index is 11.8. The Kier molecular flexibility index (Phi) is 4.83. The summed E-state index contributed by atoms with van der Waals surface area (Å²) in [6.45, 7) is 3.57. The molecule has 1 amide bonds. The van der Waals surface area contributed by atoms with Crippen molar-refractivity contribution in [1.82, 2.24) is 5.32 Å². The van der Waals surface area contributed by atoms with E-state index in [-0.39, 0.29) is 5.91 Å². The van der Waals surface area contributed by atoms with Gasteiger partial charge in [-0.2, -0.15) is 0 Å². The molecule has 3 nitrogen and oxygen atoms in total. The molecule has 0 radical (unpaired) electrons. The highest BCUT2D eigenvalue weighted by Crippen LogP contribution is 2.36. The molecule has 19 heavy (non-hydrogen) atoms. The Balaban J connectivity index is 1.71. The van der Waals surface area contributed by atoms with Gasteiger partial charge in [-0.05, 0) is 42.5 Å². The SMILES string of the molecule is CC1(CNCC(=O)Nc2ccc(Cl)cc2)CCCC1. The maximum Gasteiger partial charge on any atom is 0.238 e. The van der Waals surface area contributed by atoms with Crippen molar-refractivity contribution in [3.05, 3.63) is 29.3 Å². The van der Waals surface area contributed by atoms with E-state index in [0.29, 0.717) is 17.0 Å². The smallest absolute Gasteiger partial charge is 0.238 e. The average Bonchev–Trinajstić information content (AvgIpc) is 2.79. The molecule has 0 atom stereocenters. The van der Waals surface area contributed by atoms with Crippen LogP contribution >= 0.6 is 11.6 Å². The number of hydrogen-bond donors (Lipinski definition) is 2. The minimum Gasteiger partial charge on any atom is -0.325 e. The molecule has 0 unspecified atom stereocenters. The molecular formula is C15H21ClN2O. The largest absolute Gasteiger partial charge is 0.325 e. The van der Waals surface area contributed by atoms with Crippen LogP contribution in [-0.2, 0) is 4.79 Å². The van der Waals surface area contributed by atoms with Gasteiger partial charge in [-0.3, -0.25) is 4.79 Å². The Morgan fingerprint density at radius 1 is 1.26 bits per heavy atom. The van der Waals surface area contributed by atoms with Gasteiger partial charge in [0.1, 0.15) is 0 Å². The van der Waals surface area contributed by atoms with Crippen LogP contribution < -0.4 is 10.6 Å². The molecular weight excluding hydrogens is 260 g/mol. The van der Waals surface area contributed by atoms with Crippen molar-refractivity contribution in [3.8, 4) is 0 Å². The molecule has 1 aromatic carbocycles. The Hall–Kier alpha value is -1.06. The Labute approximate surface area is 119 Å². The highest BCUT2D eigenvalue weighted by molar-refractivity contribution is 6.30. The number of rotatable bonds is 5. The number of nitrogens with one attached hydrogen (secondary N) is 2. The lowest BCUT2D eigenvalue weighted by atomic mass is 9.89. The van der Waals surface area contributed by atoms with Gasteiger partial charge in [0, 0.05) is 17.3 Å². The van der Waals surface area contributed by atoms with E-state index in [4.69, 9.17) is 11.6 Å². The molecule has 0 saturated heterocycles. The van der Waals surface area contributed by atoms with Crippen molar-refractivity contribution in [2.75, 3.05) is 18.4 Å². The van der Waals surface area contributed by atoms with Gasteiger partial charge < -0.3 is 10.6 Å². The van der Waals surface area contributed by atoms with Crippen LogP contribution in [0.25, 0.3) is 0 Å². The third kappa shape index (κ3) is 4.51. The first-order valence-electron chi connectivity index (χ1n) is 6.84. The van der Waals surface area contributed by atoms with Crippen molar-refractivity contribution in [1.29, 1.82) is 0 Å². The number of halogens is 1. The summed E-state index contributed by atoms with van der Waals surface area (Å²) in [7, 11) is 0. The predicted molar refractivity (Wildman–Crippen MR) is 79.5 cm³/mol. The van der Waals surface area contributed by atoms with Gasteiger partial charge in [0.05, 0.1) is 6.54 Å². The lowest BCUT2D eigenvalue weighted by Gasteiger charge is -2.23. The van der Waals surface area contributed by atoms with Crippen molar-refractivity contribution in [3.63, 3.8) is 0 Å². The first-order chi connectivity index (χ1) is 9.07. The lowest BCUT2D eigenvalue weighted by molar-refractivity contribution is -0.115. The average molecular weight is 281 g/mol. The first kappa shape index (κ1) is 14.4. The van der Waals surface area contributed by atoms with Crippen LogP contribution in [0.5, 0.6) is 0 Å². The summed E-state index contributed by atoms with van der Waals surface area (Å²) in [5, 5.41) is 6.78. The molecule has 0 spiro atoms. The molecule has 0 aliphatic heterocycles. The van der Waals surface area contributed by atoms with Gasteiger partial charge in [-0.25, -0.2) is 0 Å². The molecule has 1 saturated carbocycles. The third-order valence-electron chi connectivity index (χ3n) is 3.78. The third-order valence-corrected chi connectivity index (χ3v) is 4.03. The van der Waals surface area contributed by atoms with Crippen LogP contribution in [0.2, 0.25) is 5.02 Å². The second-order valence-electron chi connectivity index (χ2n) is 5.68. The van der Waals surface area contributed by atoms with Gasteiger partial charge in [0.15, 0.2) is 0 Å². The summed E-state index contributed by atoms with van der Waals surface area (Å²) in [6.07, 6.45) is 5.15.